The molecule has 0 heterocycles. The maximum atomic E-state index is 5.72. The molecule has 2 aromatic carbocycles. The van der Waals surface area contributed by atoms with Gasteiger partial charge >= 0.3 is 0 Å². The van der Waals surface area contributed by atoms with E-state index in [4.69, 9.17) is 14.2 Å². The van der Waals surface area contributed by atoms with Crippen LogP contribution in [0.3, 0.4) is 0 Å². The fraction of sp³-hybridized carbons (Fsp3) is 0.368. The van der Waals surface area contributed by atoms with Crippen molar-refractivity contribution in [3.63, 3.8) is 0 Å². The molecule has 4 heteroatoms. The molecule has 0 unspecified atom stereocenters. The van der Waals surface area contributed by atoms with E-state index in [0.29, 0.717) is 13.2 Å². The van der Waals surface area contributed by atoms with Crippen molar-refractivity contribution in [2.75, 3.05) is 25.6 Å². The third-order valence-electron chi connectivity index (χ3n) is 3.36. The fourth-order valence-corrected chi connectivity index (χ4v) is 2.17. The van der Waals surface area contributed by atoms with E-state index in [0.717, 1.165) is 41.5 Å². The lowest BCUT2D eigenvalue weighted by atomic mass is 10.2. The third kappa shape index (κ3) is 5.09. The summed E-state index contributed by atoms with van der Waals surface area (Å²) in [5, 5.41) is 3.39. The van der Waals surface area contributed by atoms with Gasteiger partial charge in [0, 0.05) is 12.2 Å². The lowest BCUT2D eigenvalue weighted by Crippen LogP contribution is -2.03. The monoisotopic (exact) mass is 315 g/mol. The molecule has 0 saturated heterocycles. The normalized spacial score (nSPS) is 10.2. The second kappa shape index (κ2) is 8.93. The first-order valence-corrected chi connectivity index (χ1v) is 8.03. The number of rotatable bonds is 9. The number of hydrogen-bond acceptors (Lipinski definition) is 4. The average molecular weight is 315 g/mol. The van der Waals surface area contributed by atoms with Crippen molar-refractivity contribution in [3.8, 4) is 17.2 Å². The Morgan fingerprint density at radius 2 is 1.70 bits per heavy atom. The van der Waals surface area contributed by atoms with E-state index in [1.54, 1.807) is 7.11 Å². The van der Waals surface area contributed by atoms with Gasteiger partial charge in [0.25, 0.3) is 0 Å². The molecule has 0 atom stereocenters. The van der Waals surface area contributed by atoms with Gasteiger partial charge in [0.1, 0.15) is 5.75 Å². The summed E-state index contributed by atoms with van der Waals surface area (Å²) in [7, 11) is 1.67. The summed E-state index contributed by atoms with van der Waals surface area (Å²) >= 11 is 0. The number of hydrogen-bond donors (Lipinski definition) is 1. The topological polar surface area (TPSA) is 39.7 Å². The number of benzene rings is 2. The Bertz CT molecular complexity index is 596. The zero-order chi connectivity index (χ0) is 16.5. The molecule has 1 N–H and O–H groups in total. The molecular formula is C19H25NO3. The Morgan fingerprint density at radius 3 is 2.35 bits per heavy atom. The highest BCUT2D eigenvalue weighted by atomic mass is 16.5. The summed E-state index contributed by atoms with van der Waals surface area (Å²) in [6.45, 7) is 6.11. The van der Waals surface area contributed by atoms with Gasteiger partial charge in [-0.1, -0.05) is 13.0 Å². The largest absolute Gasteiger partial charge is 0.497 e. The number of anilines is 1. The van der Waals surface area contributed by atoms with E-state index in [9.17, 15) is 0 Å². The molecule has 2 aromatic rings. The second-order valence-corrected chi connectivity index (χ2v) is 5.14. The highest BCUT2D eigenvalue weighted by molar-refractivity contribution is 5.48. The van der Waals surface area contributed by atoms with Gasteiger partial charge in [0.05, 0.1) is 20.3 Å². The van der Waals surface area contributed by atoms with Crippen LogP contribution in [0, 0.1) is 0 Å². The number of methoxy groups -OCH3 is 1. The van der Waals surface area contributed by atoms with E-state index in [2.05, 4.69) is 18.3 Å². The molecule has 2 rings (SSSR count). The van der Waals surface area contributed by atoms with Gasteiger partial charge in [-0.25, -0.2) is 0 Å². The van der Waals surface area contributed by atoms with Crippen LogP contribution in [0.5, 0.6) is 17.2 Å². The summed E-state index contributed by atoms with van der Waals surface area (Å²) in [6, 6.07) is 14.0. The summed E-state index contributed by atoms with van der Waals surface area (Å²) < 4.78 is 16.6. The predicted molar refractivity (Wildman–Crippen MR) is 93.7 cm³/mol. The van der Waals surface area contributed by atoms with Gasteiger partial charge in [-0.05, 0) is 55.3 Å². The maximum absolute atomic E-state index is 5.72. The lowest BCUT2D eigenvalue weighted by Gasteiger charge is -2.14. The van der Waals surface area contributed by atoms with Gasteiger partial charge < -0.3 is 19.5 Å². The van der Waals surface area contributed by atoms with Crippen molar-refractivity contribution >= 4 is 5.69 Å². The zero-order valence-corrected chi connectivity index (χ0v) is 14.1. The maximum Gasteiger partial charge on any atom is 0.161 e. The molecule has 124 valence electrons. The molecule has 0 radical (unpaired) electrons. The van der Waals surface area contributed by atoms with E-state index in [-0.39, 0.29) is 0 Å². The van der Waals surface area contributed by atoms with Gasteiger partial charge in [0.15, 0.2) is 11.5 Å². The molecular weight excluding hydrogens is 290 g/mol. The van der Waals surface area contributed by atoms with Gasteiger partial charge in [-0.3, -0.25) is 0 Å². The zero-order valence-electron chi connectivity index (χ0n) is 14.1. The van der Waals surface area contributed by atoms with Crippen LogP contribution >= 0.6 is 0 Å². The van der Waals surface area contributed by atoms with Crippen molar-refractivity contribution in [3.05, 3.63) is 48.0 Å². The Labute approximate surface area is 138 Å². The van der Waals surface area contributed by atoms with Crippen molar-refractivity contribution in [2.24, 2.45) is 0 Å². The Kier molecular flexibility index (Phi) is 6.60. The van der Waals surface area contributed by atoms with Crippen LogP contribution in [-0.4, -0.2) is 20.3 Å². The van der Waals surface area contributed by atoms with E-state index in [1.165, 1.54) is 0 Å². The van der Waals surface area contributed by atoms with Crippen molar-refractivity contribution in [1.29, 1.82) is 0 Å². The standard InChI is InChI=1S/C19H25NO3/c1-4-12-23-18-11-6-15(13-19(18)22-5-2)14-20-16-7-9-17(21-3)10-8-16/h6-11,13,20H,4-5,12,14H2,1-3H3. The van der Waals surface area contributed by atoms with Crippen LogP contribution in [-0.2, 0) is 6.54 Å². The van der Waals surface area contributed by atoms with Crippen molar-refractivity contribution < 1.29 is 14.2 Å². The average Bonchev–Trinajstić information content (AvgIpc) is 2.60. The SMILES string of the molecule is CCCOc1ccc(CNc2ccc(OC)cc2)cc1OCC. The van der Waals surface area contributed by atoms with Gasteiger partial charge in [-0.2, -0.15) is 0 Å². The minimum absolute atomic E-state index is 0.623. The van der Waals surface area contributed by atoms with Crippen LogP contribution in [0.2, 0.25) is 0 Å². The Morgan fingerprint density at radius 1 is 0.913 bits per heavy atom. The molecule has 4 nitrogen and oxygen atoms in total. The molecule has 0 aliphatic carbocycles. The Balaban J connectivity index is 2.02. The van der Waals surface area contributed by atoms with E-state index < -0.39 is 0 Å². The minimum atomic E-state index is 0.623. The number of nitrogens with one attached hydrogen (secondary N) is 1. The van der Waals surface area contributed by atoms with Crippen LogP contribution in [0.15, 0.2) is 42.5 Å². The molecule has 0 saturated carbocycles. The number of ether oxygens (including phenoxy) is 3. The first-order valence-electron chi connectivity index (χ1n) is 8.03. The summed E-state index contributed by atoms with van der Waals surface area (Å²) in [5.74, 6) is 2.46. The summed E-state index contributed by atoms with van der Waals surface area (Å²) in [5.41, 5.74) is 2.20. The minimum Gasteiger partial charge on any atom is -0.497 e. The first-order chi connectivity index (χ1) is 11.3. The summed E-state index contributed by atoms with van der Waals surface area (Å²) in [6.07, 6.45) is 0.979. The van der Waals surface area contributed by atoms with Crippen LogP contribution in [0.4, 0.5) is 5.69 Å². The molecule has 0 aliphatic heterocycles. The smallest absolute Gasteiger partial charge is 0.161 e. The van der Waals surface area contributed by atoms with Crippen molar-refractivity contribution in [2.45, 2.75) is 26.8 Å². The highest BCUT2D eigenvalue weighted by Gasteiger charge is 2.06. The molecule has 0 fully saturated rings. The summed E-state index contributed by atoms with van der Waals surface area (Å²) in [4.78, 5) is 0. The molecule has 0 aliphatic rings. The van der Waals surface area contributed by atoms with Crippen LogP contribution in [0.1, 0.15) is 25.8 Å². The molecule has 0 bridgehead atoms. The molecule has 0 amide bonds. The van der Waals surface area contributed by atoms with Crippen molar-refractivity contribution in [1.82, 2.24) is 0 Å². The lowest BCUT2D eigenvalue weighted by molar-refractivity contribution is 0.276. The predicted octanol–water partition coefficient (Wildman–Crippen LogP) is 4.49. The van der Waals surface area contributed by atoms with Gasteiger partial charge in [0.2, 0.25) is 0 Å². The Hall–Kier alpha value is -2.36. The van der Waals surface area contributed by atoms with Gasteiger partial charge in [-0.15, -0.1) is 0 Å². The molecule has 23 heavy (non-hydrogen) atoms. The highest BCUT2D eigenvalue weighted by Crippen LogP contribution is 2.29. The quantitative estimate of drug-likeness (QED) is 0.740. The van der Waals surface area contributed by atoms with E-state index in [1.807, 2.05) is 43.3 Å². The molecule has 0 aromatic heterocycles. The van der Waals surface area contributed by atoms with E-state index >= 15 is 0 Å². The van der Waals surface area contributed by atoms with Crippen LogP contribution < -0.4 is 19.5 Å². The third-order valence-corrected chi connectivity index (χ3v) is 3.36. The van der Waals surface area contributed by atoms with Crippen LogP contribution in [0.25, 0.3) is 0 Å². The first kappa shape index (κ1) is 17.0. The fourth-order valence-electron chi connectivity index (χ4n) is 2.17. The molecule has 0 spiro atoms. The second-order valence-electron chi connectivity index (χ2n) is 5.14.